The van der Waals surface area contributed by atoms with Crippen molar-refractivity contribution in [1.82, 2.24) is 5.32 Å². The Hall–Kier alpha value is -1.59. The molecule has 0 aromatic heterocycles. The Morgan fingerprint density at radius 2 is 1.88 bits per heavy atom. The van der Waals surface area contributed by atoms with Crippen LogP contribution in [0.4, 0.5) is 0 Å². The number of hydrogen-bond acceptors (Lipinski definition) is 4. The SMILES string of the molecule is CCOC(=O)c1ccc(CNC(=O)C2C3CCC(C3)C2N)cc1.Cl. The lowest BCUT2D eigenvalue weighted by molar-refractivity contribution is -0.127. The second-order valence-electron chi connectivity index (χ2n) is 6.57. The van der Waals surface area contributed by atoms with Crippen molar-refractivity contribution in [2.75, 3.05) is 6.61 Å². The van der Waals surface area contributed by atoms with Crippen molar-refractivity contribution in [2.24, 2.45) is 23.5 Å². The summed E-state index contributed by atoms with van der Waals surface area (Å²) in [4.78, 5) is 24.0. The van der Waals surface area contributed by atoms with E-state index < -0.39 is 0 Å². The Morgan fingerprint density at radius 1 is 1.21 bits per heavy atom. The first kappa shape index (κ1) is 18.7. The van der Waals surface area contributed by atoms with Gasteiger partial charge in [-0.2, -0.15) is 0 Å². The second-order valence-corrected chi connectivity index (χ2v) is 6.57. The zero-order valence-corrected chi connectivity index (χ0v) is 14.7. The lowest BCUT2D eigenvalue weighted by Gasteiger charge is -2.27. The summed E-state index contributed by atoms with van der Waals surface area (Å²) in [5.41, 5.74) is 7.69. The summed E-state index contributed by atoms with van der Waals surface area (Å²) in [6, 6.07) is 7.14. The van der Waals surface area contributed by atoms with Gasteiger partial charge in [-0.3, -0.25) is 4.79 Å². The Balaban J connectivity index is 0.00000208. The zero-order valence-electron chi connectivity index (χ0n) is 13.9. The fraction of sp³-hybridized carbons (Fsp3) is 0.556. The van der Waals surface area contributed by atoms with Crippen molar-refractivity contribution in [3.8, 4) is 0 Å². The molecule has 1 amide bonds. The fourth-order valence-electron chi connectivity index (χ4n) is 4.00. The molecule has 0 aliphatic heterocycles. The van der Waals surface area contributed by atoms with E-state index in [9.17, 15) is 9.59 Å². The van der Waals surface area contributed by atoms with Gasteiger partial charge in [0.25, 0.3) is 0 Å². The molecule has 0 heterocycles. The third kappa shape index (κ3) is 3.73. The first-order valence-electron chi connectivity index (χ1n) is 8.39. The van der Waals surface area contributed by atoms with Gasteiger partial charge in [0.1, 0.15) is 0 Å². The number of nitrogens with one attached hydrogen (secondary N) is 1. The highest BCUT2D eigenvalue weighted by molar-refractivity contribution is 5.89. The van der Waals surface area contributed by atoms with Gasteiger partial charge < -0.3 is 15.8 Å². The van der Waals surface area contributed by atoms with Gasteiger partial charge in [-0.1, -0.05) is 12.1 Å². The van der Waals surface area contributed by atoms with Crippen molar-refractivity contribution in [1.29, 1.82) is 0 Å². The van der Waals surface area contributed by atoms with Crippen molar-refractivity contribution in [3.05, 3.63) is 35.4 Å². The Bertz CT molecular complexity index is 588. The number of esters is 1. The molecule has 2 saturated carbocycles. The van der Waals surface area contributed by atoms with E-state index >= 15 is 0 Å². The Kier molecular flexibility index (Phi) is 6.24. The van der Waals surface area contributed by atoms with Gasteiger partial charge in [0.15, 0.2) is 0 Å². The minimum Gasteiger partial charge on any atom is -0.462 e. The van der Waals surface area contributed by atoms with Crippen LogP contribution < -0.4 is 11.1 Å². The number of ether oxygens (including phenoxy) is 1. The van der Waals surface area contributed by atoms with Crippen molar-refractivity contribution < 1.29 is 14.3 Å². The largest absolute Gasteiger partial charge is 0.462 e. The van der Waals surface area contributed by atoms with Crippen LogP contribution in [-0.4, -0.2) is 24.5 Å². The number of amides is 1. The molecule has 0 radical (unpaired) electrons. The van der Waals surface area contributed by atoms with E-state index in [1.165, 1.54) is 6.42 Å². The van der Waals surface area contributed by atoms with Crippen molar-refractivity contribution >= 4 is 24.3 Å². The molecule has 132 valence electrons. The molecule has 2 aliphatic carbocycles. The molecule has 0 spiro atoms. The van der Waals surface area contributed by atoms with E-state index in [1.54, 1.807) is 19.1 Å². The van der Waals surface area contributed by atoms with Crippen LogP contribution in [0, 0.1) is 17.8 Å². The zero-order chi connectivity index (χ0) is 16.4. The first-order chi connectivity index (χ1) is 11.1. The normalized spacial score (nSPS) is 27.4. The van der Waals surface area contributed by atoms with Crippen LogP contribution in [0.15, 0.2) is 24.3 Å². The average molecular weight is 353 g/mol. The van der Waals surface area contributed by atoms with E-state index in [0.717, 1.165) is 18.4 Å². The van der Waals surface area contributed by atoms with Crippen LogP contribution in [0.25, 0.3) is 0 Å². The van der Waals surface area contributed by atoms with Crippen LogP contribution >= 0.6 is 12.4 Å². The topological polar surface area (TPSA) is 81.4 Å². The van der Waals surface area contributed by atoms with Crippen molar-refractivity contribution in [3.63, 3.8) is 0 Å². The summed E-state index contributed by atoms with van der Waals surface area (Å²) in [5, 5.41) is 2.99. The molecule has 3 N–H and O–H groups in total. The van der Waals surface area contributed by atoms with Gasteiger partial charge in [-0.05, 0) is 55.7 Å². The second kappa shape index (κ2) is 7.99. The van der Waals surface area contributed by atoms with Crippen LogP contribution in [0.2, 0.25) is 0 Å². The molecule has 24 heavy (non-hydrogen) atoms. The number of hydrogen-bond donors (Lipinski definition) is 2. The number of carbonyl (C=O) groups is 2. The lowest BCUT2D eigenvalue weighted by Crippen LogP contribution is -2.45. The number of benzene rings is 1. The maximum absolute atomic E-state index is 12.4. The molecule has 1 aromatic carbocycles. The molecule has 0 saturated heterocycles. The summed E-state index contributed by atoms with van der Waals surface area (Å²) in [7, 11) is 0. The Labute approximate surface area is 148 Å². The molecular weight excluding hydrogens is 328 g/mol. The smallest absolute Gasteiger partial charge is 0.338 e. The van der Waals surface area contributed by atoms with E-state index in [2.05, 4.69) is 5.32 Å². The predicted octanol–water partition coefficient (Wildman–Crippen LogP) is 2.27. The van der Waals surface area contributed by atoms with Crippen LogP contribution in [0.1, 0.15) is 42.1 Å². The highest BCUT2D eigenvalue weighted by Crippen LogP contribution is 2.47. The van der Waals surface area contributed by atoms with Crippen LogP contribution in [0.5, 0.6) is 0 Å². The van der Waals surface area contributed by atoms with E-state index in [1.807, 2.05) is 12.1 Å². The third-order valence-corrected chi connectivity index (χ3v) is 5.22. The van der Waals surface area contributed by atoms with Crippen LogP contribution in [-0.2, 0) is 16.1 Å². The molecule has 2 fully saturated rings. The highest BCUT2D eigenvalue weighted by Gasteiger charge is 2.48. The minimum absolute atomic E-state index is 0. The predicted molar refractivity (Wildman–Crippen MR) is 93.8 cm³/mol. The molecule has 2 bridgehead atoms. The Morgan fingerprint density at radius 3 is 2.46 bits per heavy atom. The quantitative estimate of drug-likeness (QED) is 0.796. The molecule has 4 atom stereocenters. The summed E-state index contributed by atoms with van der Waals surface area (Å²) in [6.45, 7) is 2.60. The maximum Gasteiger partial charge on any atom is 0.338 e. The third-order valence-electron chi connectivity index (χ3n) is 5.22. The van der Waals surface area contributed by atoms with E-state index in [4.69, 9.17) is 10.5 Å². The van der Waals surface area contributed by atoms with Gasteiger partial charge in [-0.15, -0.1) is 12.4 Å². The summed E-state index contributed by atoms with van der Waals surface area (Å²) < 4.78 is 4.95. The summed E-state index contributed by atoms with van der Waals surface area (Å²) in [5.74, 6) is 0.698. The fourth-order valence-corrected chi connectivity index (χ4v) is 4.00. The number of halogens is 1. The summed E-state index contributed by atoms with van der Waals surface area (Å²) >= 11 is 0. The standard InChI is InChI=1S/C18H24N2O3.ClH/c1-2-23-18(22)12-5-3-11(4-6-12)10-20-17(21)15-13-7-8-14(9-13)16(15)19;/h3-6,13-16H,2,7-10,19H2,1H3,(H,20,21);1H. The minimum atomic E-state index is -0.323. The van der Waals surface area contributed by atoms with Crippen LogP contribution in [0.3, 0.4) is 0 Å². The van der Waals surface area contributed by atoms with Gasteiger partial charge in [0.05, 0.1) is 18.1 Å². The number of nitrogens with two attached hydrogens (primary N) is 1. The van der Waals surface area contributed by atoms with E-state index in [-0.39, 0.29) is 36.2 Å². The van der Waals surface area contributed by atoms with E-state index in [0.29, 0.717) is 30.6 Å². The summed E-state index contributed by atoms with van der Waals surface area (Å²) in [6.07, 6.45) is 3.41. The monoisotopic (exact) mass is 352 g/mol. The molecule has 3 rings (SSSR count). The van der Waals surface area contributed by atoms with Gasteiger partial charge >= 0.3 is 5.97 Å². The molecule has 2 aliphatic rings. The number of fused-ring (bicyclic) bond motifs is 2. The highest BCUT2D eigenvalue weighted by atomic mass is 35.5. The van der Waals surface area contributed by atoms with Gasteiger partial charge in [0, 0.05) is 12.6 Å². The number of rotatable bonds is 5. The first-order valence-corrected chi connectivity index (χ1v) is 8.39. The molecule has 1 aromatic rings. The van der Waals surface area contributed by atoms with Gasteiger partial charge in [0.2, 0.25) is 5.91 Å². The number of carbonyl (C=O) groups excluding carboxylic acids is 2. The average Bonchev–Trinajstić information content (AvgIpc) is 3.14. The molecule has 5 nitrogen and oxygen atoms in total. The molecule has 6 heteroatoms. The lowest BCUT2D eigenvalue weighted by atomic mass is 9.84. The molecule has 4 unspecified atom stereocenters. The maximum atomic E-state index is 12.4. The van der Waals surface area contributed by atoms with Crippen molar-refractivity contribution in [2.45, 2.75) is 38.8 Å². The molecular formula is C18H25ClN2O3. The van der Waals surface area contributed by atoms with Gasteiger partial charge in [-0.25, -0.2) is 4.79 Å².